The van der Waals surface area contributed by atoms with Crippen molar-refractivity contribution in [3.05, 3.63) is 94.5 Å². The van der Waals surface area contributed by atoms with E-state index in [4.69, 9.17) is 21.1 Å². The Morgan fingerprint density at radius 2 is 1.49 bits per heavy atom. The molecule has 4 rings (SSSR count). The summed E-state index contributed by atoms with van der Waals surface area (Å²) in [5.41, 5.74) is 1.94. The van der Waals surface area contributed by atoms with E-state index in [0.717, 1.165) is 16.0 Å². The zero-order valence-corrected chi connectivity index (χ0v) is 19.6. The molecule has 1 aliphatic rings. The fourth-order valence-corrected chi connectivity index (χ4v) is 4.07. The van der Waals surface area contributed by atoms with Gasteiger partial charge in [0, 0.05) is 25.6 Å². The Morgan fingerprint density at radius 1 is 0.914 bits per heavy atom. The standard InChI is InChI=1S/C27H24ClNO6/c28-22-13-20(26(31)21-15-29(27(32)33)12-11-23(21)30)24(34-16-18-7-3-1-4-8-18)14-25(22)35-17-19-9-5-2-6-10-19/h1-10,13-14,21H,11-12,15-17H2,(H,32,33). The van der Waals surface area contributed by atoms with E-state index in [1.54, 1.807) is 6.07 Å². The largest absolute Gasteiger partial charge is 0.488 e. The van der Waals surface area contributed by atoms with Gasteiger partial charge in [0.15, 0.2) is 5.78 Å². The van der Waals surface area contributed by atoms with Crippen LogP contribution >= 0.6 is 11.6 Å². The molecule has 0 aromatic heterocycles. The summed E-state index contributed by atoms with van der Waals surface area (Å²) in [6.45, 7) is 0.318. The fourth-order valence-electron chi connectivity index (χ4n) is 3.85. The molecule has 1 aliphatic heterocycles. The van der Waals surface area contributed by atoms with Crippen LogP contribution in [-0.4, -0.2) is 40.8 Å². The molecule has 180 valence electrons. The number of rotatable bonds is 8. The van der Waals surface area contributed by atoms with Gasteiger partial charge in [-0.2, -0.15) is 0 Å². The summed E-state index contributed by atoms with van der Waals surface area (Å²) >= 11 is 6.46. The van der Waals surface area contributed by atoms with Crippen molar-refractivity contribution in [2.75, 3.05) is 13.1 Å². The highest BCUT2D eigenvalue weighted by Crippen LogP contribution is 2.36. The number of carbonyl (C=O) groups is 3. The number of carboxylic acid groups (broad SMARTS) is 1. The molecule has 1 atom stereocenters. The summed E-state index contributed by atoms with van der Waals surface area (Å²) in [6.07, 6.45) is -1.19. The van der Waals surface area contributed by atoms with Gasteiger partial charge < -0.3 is 19.5 Å². The molecule has 1 amide bonds. The maximum Gasteiger partial charge on any atom is 0.407 e. The maximum atomic E-state index is 13.4. The predicted octanol–water partition coefficient (Wildman–Crippen LogP) is 5.25. The Morgan fingerprint density at radius 3 is 2.06 bits per heavy atom. The number of carbonyl (C=O) groups excluding carboxylic acids is 2. The first-order chi connectivity index (χ1) is 16.9. The Balaban J connectivity index is 1.63. The smallest absolute Gasteiger partial charge is 0.407 e. The average Bonchev–Trinajstić information content (AvgIpc) is 2.88. The molecule has 0 saturated carbocycles. The summed E-state index contributed by atoms with van der Waals surface area (Å²) in [5, 5.41) is 9.52. The molecule has 0 aliphatic carbocycles. The lowest BCUT2D eigenvalue weighted by Crippen LogP contribution is -2.46. The lowest BCUT2D eigenvalue weighted by atomic mass is 9.88. The predicted molar refractivity (Wildman–Crippen MR) is 130 cm³/mol. The van der Waals surface area contributed by atoms with Gasteiger partial charge in [0.2, 0.25) is 0 Å². The molecule has 3 aromatic carbocycles. The third kappa shape index (κ3) is 6.00. The molecule has 1 unspecified atom stereocenters. The van der Waals surface area contributed by atoms with E-state index >= 15 is 0 Å². The van der Waals surface area contributed by atoms with Crippen molar-refractivity contribution >= 4 is 29.3 Å². The summed E-state index contributed by atoms with van der Waals surface area (Å²) in [4.78, 5) is 38.5. The molecule has 8 heteroatoms. The van der Waals surface area contributed by atoms with Crippen molar-refractivity contribution in [2.24, 2.45) is 5.92 Å². The van der Waals surface area contributed by atoms with Gasteiger partial charge in [0.25, 0.3) is 0 Å². The molecular weight excluding hydrogens is 470 g/mol. The third-order valence-electron chi connectivity index (χ3n) is 5.78. The molecule has 1 fully saturated rings. The molecule has 1 N–H and O–H groups in total. The van der Waals surface area contributed by atoms with Crippen LogP contribution in [0.15, 0.2) is 72.8 Å². The number of Topliss-reactive ketones (excluding diaryl/α,β-unsaturated/α-hetero) is 2. The number of ketones is 2. The SMILES string of the molecule is O=C1CCN(C(=O)O)CC1C(=O)c1cc(Cl)c(OCc2ccccc2)cc1OCc1ccccc1. The third-order valence-corrected chi connectivity index (χ3v) is 6.08. The van der Waals surface area contributed by atoms with Crippen LogP contribution in [0.1, 0.15) is 27.9 Å². The van der Waals surface area contributed by atoms with Gasteiger partial charge in [-0.25, -0.2) is 4.79 Å². The number of nitrogens with zero attached hydrogens (tertiary/aromatic N) is 1. The summed E-state index contributed by atoms with van der Waals surface area (Å²) in [6, 6.07) is 21.9. The van der Waals surface area contributed by atoms with Gasteiger partial charge in [-0.05, 0) is 17.2 Å². The quantitative estimate of drug-likeness (QED) is 0.340. The minimum Gasteiger partial charge on any atom is -0.488 e. The van der Waals surface area contributed by atoms with Crippen LogP contribution in [0.4, 0.5) is 4.79 Å². The van der Waals surface area contributed by atoms with E-state index in [2.05, 4.69) is 0 Å². The van der Waals surface area contributed by atoms with Gasteiger partial charge >= 0.3 is 6.09 Å². The number of likely N-dealkylation sites (tertiary alicyclic amines) is 1. The Kier molecular flexibility index (Phi) is 7.67. The zero-order chi connectivity index (χ0) is 24.8. The van der Waals surface area contributed by atoms with Crippen LogP contribution in [0, 0.1) is 5.92 Å². The molecule has 1 saturated heterocycles. The second-order valence-electron chi connectivity index (χ2n) is 8.19. The van der Waals surface area contributed by atoms with Crippen LogP contribution in [0.5, 0.6) is 11.5 Å². The van der Waals surface area contributed by atoms with Crippen LogP contribution in [0.3, 0.4) is 0 Å². The number of hydrogen-bond acceptors (Lipinski definition) is 5. The topological polar surface area (TPSA) is 93.1 Å². The van der Waals surface area contributed by atoms with Crippen molar-refractivity contribution in [1.82, 2.24) is 4.90 Å². The number of halogens is 1. The first kappa shape index (κ1) is 24.3. The van der Waals surface area contributed by atoms with E-state index in [1.807, 2.05) is 60.7 Å². The molecule has 35 heavy (non-hydrogen) atoms. The normalized spacial score (nSPS) is 15.5. The van der Waals surface area contributed by atoms with Crippen LogP contribution in [0.2, 0.25) is 5.02 Å². The zero-order valence-electron chi connectivity index (χ0n) is 18.9. The number of piperidine rings is 1. The maximum absolute atomic E-state index is 13.4. The lowest BCUT2D eigenvalue weighted by Gasteiger charge is -2.29. The van der Waals surface area contributed by atoms with Crippen LogP contribution in [-0.2, 0) is 18.0 Å². The van der Waals surface area contributed by atoms with Gasteiger partial charge in [-0.3, -0.25) is 9.59 Å². The van der Waals surface area contributed by atoms with Crippen LogP contribution in [0.25, 0.3) is 0 Å². The highest BCUT2D eigenvalue weighted by molar-refractivity contribution is 6.32. The van der Waals surface area contributed by atoms with E-state index in [0.29, 0.717) is 5.75 Å². The Bertz CT molecular complexity index is 1220. The van der Waals surface area contributed by atoms with Gasteiger partial charge in [0.1, 0.15) is 30.5 Å². The minimum atomic E-state index is -1.17. The number of ether oxygens (including phenoxy) is 2. The second-order valence-corrected chi connectivity index (χ2v) is 8.60. The monoisotopic (exact) mass is 493 g/mol. The number of hydrogen-bond donors (Lipinski definition) is 1. The van der Waals surface area contributed by atoms with Crippen LogP contribution < -0.4 is 9.47 Å². The molecule has 0 spiro atoms. The summed E-state index contributed by atoms with van der Waals surface area (Å²) in [7, 11) is 0. The van der Waals surface area contributed by atoms with E-state index < -0.39 is 17.8 Å². The lowest BCUT2D eigenvalue weighted by molar-refractivity contribution is -0.123. The van der Waals surface area contributed by atoms with Crippen molar-refractivity contribution < 1.29 is 29.0 Å². The average molecular weight is 494 g/mol. The van der Waals surface area contributed by atoms with E-state index in [9.17, 15) is 19.5 Å². The molecule has 3 aromatic rings. The second kappa shape index (κ2) is 11.1. The van der Waals surface area contributed by atoms with Crippen molar-refractivity contribution in [3.8, 4) is 11.5 Å². The number of amides is 1. The van der Waals surface area contributed by atoms with Gasteiger partial charge in [0.05, 0.1) is 16.5 Å². The Labute approximate surface area is 207 Å². The molecular formula is C27H24ClNO6. The highest BCUT2D eigenvalue weighted by Gasteiger charge is 2.36. The molecule has 0 radical (unpaired) electrons. The van der Waals surface area contributed by atoms with Crippen molar-refractivity contribution in [1.29, 1.82) is 0 Å². The van der Waals surface area contributed by atoms with E-state index in [1.165, 1.54) is 6.07 Å². The molecule has 7 nitrogen and oxygen atoms in total. The van der Waals surface area contributed by atoms with E-state index in [-0.39, 0.29) is 54.8 Å². The first-order valence-electron chi connectivity index (χ1n) is 11.1. The van der Waals surface area contributed by atoms with Gasteiger partial charge in [-0.15, -0.1) is 0 Å². The number of benzene rings is 3. The highest BCUT2D eigenvalue weighted by atomic mass is 35.5. The minimum absolute atomic E-state index is 0.0189. The Hall–Kier alpha value is -3.84. The van der Waals surface area contributed by atoms with Crippen molar-refractivity contribution in [3.63, 3.8) is 0 Å². The summed E-state index contributed by atoms with van der Waals surface area (Å²) < 4.78 is 11.9. The molecule has 1 heterocycles. The fraction of sp³-hybridized carbons (Fsp3) is 0.222. The molecule has 0 bridgehead atoms. The van der Waals surface area contributed by atoms with Crippen molar-refractivity contribution in [2.45, 2.75) is 19.6 Å². The first-order valence-corrected chi connectivity index (χ1v) is 11.5. The van der Waals surface area contributed by atoms with Gasteiger partial charge in [-0.1, -0.05) is 72.3 Å². The summed E-state index contributed by atoms with van der Waals surface area (Å²) in [5.74, 6) is -1.41.